The van der Waals surface area contributed by atoms with E-state index in [0.29, 0.717) is 12.1 Å². The van der Waals surface area contributed by atoms with Crippen LogP contribution in [0.25, 0.3) is 0 Å². The Hall–Kier alpha value is -2.11. The molecule has 1 amide bonds. The summed E-state index contributed by atoms with van der Waals surface area (Å²) in [5.41, 5.74) is 1.52. The minimum atomic E-state index is -0.394. The number of carbonyl (C=O) groups is 1. The highest BCUT2D eigenvalue weighted by Crippen LogP contribution is 2.46. The predicted octanol–water partition coefficient (Wildman–Crippen LogP) is 1.29. The maximum absolute atomic E-state index is 11.6. The molecular weight excluding hydrogens is 222 g/mol. The van der Waals surface area contributed by atoms with Crippen LogP contribution in [-0.4, -0.2) is 28.9 Å². The van der Waals surface area contributed by atoms with E-state index in [1.54, 1.807) is 18.0 Å². The maximum atomic E-state index is 11.6. The first kappa shape index (κ1) is 10.1. The van der Waals surface area contributed by atoms with Crippen molar-refractivity contribution in [2.75, 3.05) is 12.4 Å². The molecule has 0 spiro atoms. The molecule has 0 saturated carbocycles. The number of nitro groups is 1. The Morgan fingerprint density at radius 2 is 2.29 bits per heavy atom. The number of likely N-dealkylation sites (tertiary alicyclic amines) is 1. The Balaban J connectivity index is 2.10. The quantitative estimate of drug-likeness (QED) is 0.585. The summed E-state index contributed by atoms with van der Waals surface area (Å²) in [6, 6.07) is 5.00. The summed E-state index contributed by atoms with van der Waals surface area (Å²) in [5, 5.41) is 14.0. The number of hydrogen-bond donors (Lipinski definition) is 1. The fourth-order valence-corrected chi connectivity index (χ4v) is 2.67. The largest absolute Gasteiger partial charge is 0.359 e. The minimum absolute atomic E-state index is 0.0300. The van der Waals surface area contributed by atoms with Crippen LogP contribution in [0.4, 0.5) is 11.4 Å². The number of amides is 1. The lowest BCUT2D eigenvalue weighted by molar-refractivity contribution is -0.384. The van der Waals surface area contributed by atoms with Gasteiger partial charge >= 0.3 is 0 Å². The third-order valence-electron chi connectivity index (χ3n) is 3.55. The lowest BCUT2D eigenvalue weighted by atomic mass is 9.98. The van der Waals surface area contributed by atoms with Gasteiger partial charge in [-0.2, -0.15) is 0 Å². The summed E-state index contributed by atoms with van der Waals surface area (Å²) in [5.74, 6) is 0.104. The highest BCUT2D eigenvalue weighted by molar-refractivity contribution is 5.85. The van der Waals surface area contributed by atoms with Gasteiger partial charge in [-0.15, -0.1) is 0 Å². The standard InChI is InChI=1S/C11H11N3O3/c1-13-9(15)5-7-6-3-2-4-8(14(16)17)10(6)12-11(7)13/h2-4,7,11-12H,5H2,1H3. The average Bonchev–Trinajstić information content (AvgIpc) is 2.78. The molecule has 0 aromatic heterocycles. The van der Waals surface area contributed by atoms with Crippen molar-refractivity contribution in [1.82, 2.24) is 4.90 Å². The number of carbonyl (C=O) groups excluding carboxylic acids is 1. The van der Waals surface area contributed by atoms with Crippen LogP contribution in [0, 0.1) is 10.1 Å². The van der Waals surface area contributed by atoms with Crippen molar-refractivity contribution < 1.29 is 9.72 Å². The number of anilines is 1. The van der Waals surface area contributed by atoms with Gasteiger partial charge in [0.05, 0.1) is 4.92 Å². The third kappa shape index (κ3) is 1.23. The normalized spacial score (nSPS) is 25.5. The van der Waals surface area contributed by atoms with Gasteiger partial charge in [-0.3, -0.25) is 14.9 Å². The van der Waals surface area contributed by atoms with Crippen LogP contribution in [0.1, 0.15) is 17.9 Å². The predicted molar refractivity (Wildman–Crippen MR) is 60.6 cm³/mol. The van der Waals surface area contributed by atoms with Gasteiger partial charge < -0.3 is 10.2 Å². The van der Waals surface area contributed by atoms with Crippen LogP contribution in [0.15, 0.2) is 18.2 Å². The zero-order valence-corrected chi connectivity index (χ0v) is 9.21. The molecule has 3 rings (SSSR count). The lowest BCUT2D eigenvalue weighted by Crippen LogP contribution is -2.34. The highest BCUT2D eigenvalue weighted by atomic mass is 16.6. The van der Waals surface area contributed by atoms with Gasteiger partial charge in [-0.25, -0.2) is 0 Å². The van der Waals surface area contributed by atoms with Gasteiger partial charge in [0.1, 0.15) is 11.9 Å². The van der Waals surface area contributed by atoms with Crippen molar-refractivity contribution in [1.29, 1.82) is 0 Å². The van der Waals surface area contributed by atoms with Gasteiger partial charge in [0, 0.05) is 25.5 Å². The number of para-hydroxylation sites is 1. The van der Waals surface area contributed by atoms with Crippen LogP contribution in [0.3, 0.4) is 0 Å². The van der Waals surface area contributed by atoms with Crippen molar-refractivity contribution in [3.8, 4) is 0 Å². The monoisotopic (exact) mass is 233 g/mol. The van der Waals surface area contributed by atoms with Crippen molar-refractivity contribution in [2.45, 2.75) is 18.5 Å². The summed E-state index contributed by atoms with van der Waals surface area (Å²) < 4.78 is 0. The van der Waals surface area contributed by atoms with E-state index in [-0.39, 0.29) is 23.7 Å². The van der Waals surface area contributed by atoms with Crippen LogP contribution in [0.5, 0.6) is 0 Å². The number of nitrogens with zero attached hydrogens (tertiary/aromatic N) is 2. The van der Waals surface area contributed by atoms with E-state index in [0.717, 1.165) is 5.56 Å². The molecule has 1 N–H and O–H groups in total. The third-order valence-corrected chi connectivity index (χ3v) is 3.55. The first-order valence-corrected chi connectivity index (χ1v) is 5.39. The topological polar surface area (TPSA) is 75.5 Å². The number of nitro benzene ring substituents is 1. The van der Waals surface area contributed by atoms with Crippen LogP contribution >= 0.6 is 0 Å². The van der Waals surface area contributed by atoms with Gasteiger partial charge in [-0.1, -0.05) is 12.1 Å². The van der Waals surface area contributed by atoms with E-state index in [4.69, 9.17) is 0 Å². The lowest BCUT2D eigenvalue weighted by Gasteiger charge is -2.19. The molecule has 17 heavy (non-hydrogen) atoms. The number of hydrogen-bond acceptors (Lipinski definition) is 4. The molecule has 0 bridgehead atoms. The van der Waals surface area contributed by atoms with E-state index < -0.39 is 4.92 Å². The van der Waals surface area contributed by atoms with Crippen molar-refractivity contribution in [3.63, 3.8) is 0 Å². The van der Waals surface area contributed by atoms with E-state index >= 15 is 0 Å². The molecule has 1 saturated heterocycles. The molecule has 6 heteroatoms. The fourth-order valence-electron chi connectivity index (χ4n) is 2.67. The van der Waals surface area contributed by atoms with E-state index in [1.165, 1.54) is 6.07 Å². The summed E-state index contributed by atoms with van der Waals surface area (Å²) in [7, 11) is 1.72. The molecule has 2 heterocycles. The van der Waals surface area contributed by atoms with Gasteiger partial charge in [-0.05, 0) is 5.56 Å². The number of likely N-dealkylation sites (N-methyl/N-ethyl adjacent to an activating group) is 1. The highest BCUT2D eigenvalue weighted by Gasteiger charge is 2.45. The Kier molecular flexibility index (Phi) is 1.89. The SMILES string of the molecule is CN1C(=O)CC2c3cccc([N+](=O)[O-])c3NC21. The first-order valence-electron chi connectivity index (χ1n) is 5.39. The molecule has 1 aromatic rings. The molecule has 2 unspecified atom stereocenters. The summed E-state index contributed by atoms with van der Waals surface area (Å²) >= 11 is 0. The summed E-state index contributed by atoms with van der Waals surface area (Å²) in [4.78, 5) is 23.7. The molecule has 1 fully saturated rings. The van der Waals surface area contributed by atoms with E-state index in [9.17, 15) is 14.9 Å². The smallest absolute Gasteiger partial charge is 0.292 e. The van der Waals surface area contributed by atoms with Crippen molar-refractivity contribution in [3.05, 3.63) is 33.9 Å². The molecular formula is C11H11N3O3. The minimum Gasteiger partial charge on any atom is -0.359 e. The molecule has 2 aliphatic rings. The molecule has 0 aliphatic carbocycles. The molecule has 2 aliphatic heterocycles. The van der Waals surface area contributed by atoms with Crippen LogP contribution in [0.2, 0.25) is 0 Å². The summed E-state index contributed by atoms with van der Waals surface area (Å²) in [6.07, 6.45) is 0.279. The van der Waals surface area contributed by atoms with Gasteiger partial charge in [0.15, 0.2) is 0 Å². The van der Waals surface area contributed by atoms with Crippen LogP contribution in [-0.2, 0) is 4.79 Å². The van der Waals surface area contributed by atoms with Gasteiger partial charge in [0.2, 0.25) is 5.91 Å². The molecule has 0 radical (unpaired) electrons. The molecule has 88 valence electrons. The number of rotatable bonds is 1. The number of nitrogens with one attached hydrogen (secondary N) is 1. The molecule has 2 atom stereocenters. The second kappa shape index (κ2) is 3.19. The number of fused-ring (bicyclic) bond motifs is 3. The van der Waals surface area contributed by atoms with Crippen molar-refractivity contribution in [2.24, 2.45) is 0 Å². The zero-order valence-electron chi connectivity index (χ0n) is 9.21. The fraction of sp³-hybridized carbons (Fsp3) is 0.364. The second-order valence-corrected chi connectivity index (χ2v) is 4.40. The van der Waals surface area contributed by atoms with Gasteiger partial charge in [0.25, 0.3) is 5.69 Å². The number of benzene rings is 1. The Labute approximate surface area is 97.4 Å². The summed E-state index contributed by atoms with van der Waals surface area (Å²) in [6.45, 7) is 0. The molecule has 1 aromatic carbocycles. The Morgan fingerprint density at radius 1 is 1.53 bits per heavy atom. The van der Waals surface area contributed by atoms with Crippen LogP contribution < -0.4 is 5.32 Å². The zero-order chi connectivity index (χ0) is 12.2. The van der Waals surface area contributed by atoms with Crippen molar-refractivity contribution >= 4 is 17.3 Å². The first-order chi connectivity index (χ1) is 8.09. The van der Waals surface area contributed by atoms with E-state index in [2.05, 4.69) is 5.32 Å². The average molecular weight is 233 g/mol. The van der Waals surface area contributed by atoms with E-state index in [1.807, 2.05) is 6.07 Å². The second-order valence-electron chi connectivity index (χ2n) is 4.40. The molecule has 6 nitrogen and oxygen atoms in total. The Bertz CT molecular complexity index is 529. The Morgan fingerprint density at radius 3 is 3.00 bits per heavy atom. The maximum Gasteiger partial charge on any atom is 0.292 e.